The van der Waals surface area contributed by atoms with E-state index in [1.807, 2.05) is 0 Å². The van der Waals surface area contributed by atoms with Gasteiger partial charge in [0.2, 0.25) is 0 Å². The molecule has 0 nitrogen and oxygen atoms in total. The van der Waals surface area contributed by atoms with Crippen LogP contribution in [0.5, 0.6) is 0 Å². The SMILES string of the molecule is [C-]1=CC2=C(CCCCC2)C1c1ccccc1.[C-]1=CC2=C(CCCCC2)C1c1ccccc1.[Cl-].[Cl-].[Zr+4]. The second kappa shape index (κ2) is 15.2. The number of hydrogen-bond donors (Lipinski definition) is 0. The van der Waals surface area contributed by atoms with Crippen molar-refractivity contribution in [2.24, 2.45) is 0 Å². The summed E-state index contributed by atoms with van der Waals surface area (Å²) in [7, 11) is 0. The first-order valence-electron chi connectivity index (χ1n) is 12.6. The molecule has 2 aromatic rings. The van der Waals surface area contributed by atoms with Gasteiger partial charge in [-0.05, 0) is 12.8 Å². The molecule has 2 atom stereocenters. The molecule has 0 heterocycles. The number of benzene rings is 2. The molecule has 4 aliphatic carbocycles. The first-order chi connectivity index (χ1) is 15.9. The summed E-state index contributed by atoms with van der Waals surface area (Å²) in [6.45, 7) is 0. The number of hydrogen-bond acceptors (Lipinski definition) is 0. The van der Waals surface area contributed by atoms with Crippen molar-refractivity contribution in [3.63, 3.8) is 0 Å². The van der Waals surface area contributed by atoms with E-state index in [4.69, 9.17) is 0 Å². The van der Waals surface area contributed by atoms with Crippen LogP contribution in [0.25, 0.3) is 0 Å². The summed E-state index contributed by atoms with van der Waals surface area (Å²) in [6, 6.07) is 21.6. The second-order valence-corrected chi connectivity index (χ2v) is 9.53. The van der Waals surface area contributed by atoms with Crippen molar-refractivity contribution in [2.45, 2.75) is 76.0 Å². The Bertz CT molecular complexity index is 948. The van der Waals surface area contributed by atoms with E-state index in [0.717, 1.165) is 0 Å². The van der Waals surface area contributed by atoms with Crippen LogP contribution in [0.15, 0.2) is 95.1 Å². The third-order valence-corrected chi connectivity index (χ3v) is 7.42. The smallest absolute Gasteiger partial charge is 1.00 e. The summed E-state index contributed by atoms with van der Waals surface area (Å²) < 4.78 is 0. The van der Waals surface area contributed by atoms with Gasteiger partial charge in [-0.15, -0.1) is 0 Å². The summed E-state index contributed by atoms with van der Waals surface area (Å²) in [5, 5.41) is 0. The number of rotatable bonds is 2. The van der Waals surface area contributed by atoms with Crippen molar-refractivity contribution in [3.8, 4) is 0 Å². The molecular formula is C32H34Cl2Zr. The molecule has 0 N–H and O–H groups in total. The zero-order valence-electron chi connectivity index (χ0n) is 20.4. The average Bonchev–Trinajstić information content (AvgIpc) is 3.26. The zero-order chi connectivity index (χ0) is 21.6. The molecule has 0 saturated heterocycles. The zero-order valence-corrected chi connectivity index (χ0v) is 24.4. The topological polar surface area (TPSA) is 0 Å². The van der Waals surface area contributed by atoms with Crippen LogP contribution in [0.4, 0.5) is 0 Å². The fourth-order valence-corrected chi connectivity index (χ4v) is 5.70. The van der Waals surface area contributed by atoms with Crippen LogP contribution in [0, 0.1) is 12.2 Å². The van der Waals surface area contributed by atoms with Crippen LogP contribution in [0.2, 0.25) is 0 Å². The summed E-state index contributed by atoms with van der Waals surface area (Å²) >= 11 is 0. The average molecular weight is 581 g/mol. The van der Waals surface area contributed by atoms with E-state index < -0.39 is 0 Å². The van der Waals surface area contributed by atoms with Crippen molar-refractivity contribution >= 4 is 0 Å². The minimum Gasteiger partial charge on any atom is -1.00 e. The molecule has 0 saturated carbocycles. The van der Waals surface area contributed by atoms with Gasteiger partial charge in [-0.1, -0.05) is 135 Å². The molecule has 0 fully saturated rings. The van der Waals surface area contributed by atoms with Gasteiger partial charge in [-0.25, -0.2) is 12.2 Å². The van der Waals surface area contributed by atoms with Gasteiger partial charge in [0, 0.05) is 0 Å². The van der Waals surface area contributed by atoms with E-state index in [1.54, 1.807) is 22.3 Å². The quantitative estimate of drug-likeness (QED) is 0.480. The standard InChI is InChI=1S/2C16H17.2ClH.Zr/c2*1-3-7-13(8-4-1)16-12-11-14-9-5-2-6-10-15(14)16;;;/h2*1,3-4,7-8,11,16H,2,5-6,9-10H2;2*1H;/q2*-1;;;+4/p-2. The molecule has 6 rings (SSSR count). The molecule has 0 spiro atoms. The normalized spacial score (nSPS) is 22.3. The number of halogens is 2. The van der Waals surface area contributed by atoms with Crippen molar-refractivity contribution in [1.82, 2.24) is 0 Å². The predicted octanol–water partition coefficient (Wildman–Crippen LogP) is 2.81. The predicted molar refractivity (Wildman–Crippen MR) is 134 cm³/mol. The van der Waals surface area contributed by atoms with Gasteiger partial charge in [-0.2, -0.15) is 22.3 Å². The summed E-state index contributed by atoms with van der Waals surface area (Å²) in [6.07, 6.45) is 24.9. The molecule has 4 aliphatic rings. The molecule has 180 valence electrons. The van der Waals surface area contributed by atoms with E-state index in [-0.39, 0.29) is 51.0 Å². The van der Waals surface area contributed by atoms with E-state index >= 15 is 0 Å². The molecule has 2 unspecified atom stereocenters. The van der Waals surface area contributed by atoms with Gasteiger partial charge in [0.15, 0.2) is 0 Å². The minimum atomic E-state index is 0. The Labute approximate surface area is 244 Å². The summed E-state index contributed by atoms with van der Waals surface area (Å²) in [4.78, 5) is 0. The van der Waals surface area contributed by atoms with Crippen molar-refractivity contribution < 1.29 is 51.0 Å². The maximum Gasteiger partial charge on any atom is 4.00 e. The monoisotopic (exact) mass is 578 g/mol. The van der Waals surface area contributed by atoms with Gasteiger partial charge >= 0.3 is 26.2 Å². The molecule has 0 amide bonds. The first kappa shape index (κ1) is 30.1. The van der Waals surface area contributed by atoms with Gasteiger partial charge in [0.1, 0.15) is 0 Å². The van der Waals surface area contributed by atoms with Crippen molar-refractivity contribution in [2.75, 3.05) is 0 Å². The first-order valence-corrected chi connectivity index (χ1v) is 12.6. The fraction of sp³-hybridized carbons (Fsp3) is 0.375. The van der Waals surface area contributed by atoms with Crippen LogP contribution in [-0.2, 0) is 26.2 Å². The van der Waals surface area contributed by atoms with Gasteiger partial charge in [0.05, 0.1) is 0 Å². The van der Waals surface area contributed by atoms with Crippen molar-refractivity contribution in [3.05, 3.63) is 118 Å². The maximum atomic E-state index is 3.54. The van der Waals surface area contributed by atoms with Gasteiger partial charge < -0.3 is 24.8 Å². The van der Waals surface area contributed by atoms with Crippen LogP contribution >= 0.6 is 0 Å². The van der Waals surface area contributed by atoms with Crippen LogP contribution in [0.3, 0.4) is 0 Å². The largest absolute Gasteiger partial charge is 4.00 e. The van der Waals surface area contributed by atoms with Crippen LogP contribution in [-0.4, -0.2) is 0 Å². The Kier molecular flexibility index (Phi) is 13.1. The maximum absolute atomic E-state index is 3.54. The Morgan fingerprint density at radius 1 is 0.486 bits per heavy atom. The van der Waals surface area contributed by atoms with Crippen LogP contribution < -0.4 is 24.8 Å². The van der Waals surface area contributed by atoms with Crippen molar-refractivity contribution in [1.29, 1.82) is 0 Å². The van der Waals surface area contributed by atoms with Crippen LogP contribution in [0.1, 0.15) is 87.2 Å². The number of allylic oxidation sites excluding steroid dienone is 8. The summed E-state index contributed by atoms with van der Waals surface area (Å²) in [5.41, 5.74) is 9.25. The Balaban J connectivity index is 0.000000227. The molecule has 0 aliphatic heterocycles. The minimum absolute atomic E-state index is 0. The fourth-order valence-electron chi connectivity index (χ4n) is 5.70. The summed E-state index contributed by atoms with van der Waals surface area (Å²) in [5.74, 6) is 0.906. The third-order valence-electron chi connectivity index (χ3n) is 7.42. The molecule has 3 heteroatoms. The molecule has 0 radical (unpaired) electrons. The Morgan fingerprint density at radius 3 is 1.26 bits per heavy atom. The Morgan fingerprint density at radius 2 is 0.857 bits per heavy atom. The third kappa shape index (κ3) is 7.44. The van der Waals surface area contributed by atoms with Gasteiger partial charge in [0.25, 0.3) is 0 Å². The molecule has 35 heavy (non-hydrogen) atoms. The molecular weight excluding hydrogens is 546 g/mol. The molecule has 2 aromatic carbocycles. The van der Waals surface area contributed by atoms with E-state index in [9.17, 15) is 0 Å². The second-order valence-electron chi connectivity index (χ2n) is 9.53. The molecule has 0 bridgehead atoms. The van der Waals surface area contributed by atoms with E-state index in [1.165, 1.54) is 75.3 Å². The van der Waals surface area contributed by atoms with Gasteiger partial charge in [-0.3, -0.25) is 12.2 Å². The van der Waals surface area contributed by atoms with E-state index in [2.05, 4.69) is 85.0 Å². The Hall–Kier alpha value is -1.14. The van der Waals surface area contributed by atoms with E-state index in [0.29, 0.717) is 11.8 Å². The molecule has 0 aromatic heterocycles.